The molecule has 21 heavy (non-hydrogen) atoms. The van der Waals surface area contributed by atoms with Gasteiger partial charge in [-0.05, 0) is 48.7 Å². The van der Waals surface area contributed by atoms with Gasteiger partial charge in [0, 0.05) is 37.2 Å². The van der Waals surface area contributed by atoms with Crippen molar-refractivity contribution in [1.29, 1.82) is 0 Å². The predicted molar refractivity (Wildman–Crippen MR) is 87.5 cm³/mol. The van der Waals surface area contributed by atoms with Crippen LogP contribution in [0.4, 0.5) is 5.69 Å². The molecule has 1 unspecified atom stereocenters. The molecule has 2 aromatic rings. The highest BCUT2D eigenvalue weighted by Gasteiger charge is 2.20. The van der Waals surface area contributed by atoms with Gasteiger partial charge < -0.3 is 10.2 Å². The molecule has 1 aliphatic heterocycles. The minimum Gasteiger partial charge on any atom is -0.367 e. The average Bonchev–Trinajstić information content (AvgIpc) is 2.91. The Balaban J connectivity index is 1.77. The van der Waals surface area contributed by atoms with E-state index < -0.39 is 0 Å². The standard InChI is InChI=1S/C18H23N3/c1-3-20-14(2)16-6-7-18-17(11-16)8-10-21(18)13-15-5-4-9-19-12-15/h4-7,9,11-12,14,20H,3,8,10,13H2,1-2H3. The topological polar surface area (TPSA) is 28.2 Å². The van der Waals surface area contributed by atoms with Crippen molar-refractivity contribution in [3.8, 4) is 0 Å². The molecule has 1 N–H and O–H groups in total. The number of anilines is 1. The first kappa shape index (κ1) is 14.1. The quantitative estimate of drug-likeness (QED) is 0.911. The molecule has 1 aromatic heterocycles. The van der Waals surface area contributed by atoms with Crippen LogP contribution in [0.25, 0.3) is 0 Å². The first-order valence-corrected chi connectivity index (χ1v) is 7.78. The third kappa shape index (κ3) is 3.08. The second-order valence-corrected chi connectivity index (χ2v) is 5.70. The smallest absolute Gasteiger partial charge is 0.0444 e. The minimum atomic E-state index is 0.424. The van der Waals surface area contributed by atoms with Crippen molar-refractivity contribution < 1.29 is 0 Å². The summed E-state index contributed by atoms with van der Waals surface area (Å²) in [5.74, 6) is 0. The Morgan fingerprint density at radius 3 is 3.00 bits per heavy atom. The molecule has 2 heterocycles. The van der Waals surface area contributed by atoms with Gasteiger partial charge in [-0.25, -0.2) is 0 Å². The van der Waals surface area contributed by atoms with Crippen LogP contribution in [0.1, 0.15) is 36.6 Å². The molecule has 1 aromatic carbocycles. The van der Waals surface area contributed by atoms with Crippen LogP contribution in [-0.4, -0.2) is 18.1 Å². The molecule has 1 atom stereocenters. The van der Waals surface area contributed by atoms with E-state index in [0.717, 1.165) is 26.1 Å². The highest BCUT2D eigenvalue weighted by Crippen LogP contribution is 2.31. The summed E-state index contributed by atoms with van der Waals surface area (Å²) in [5, 5.41) is 3.48. The Labute approximate surface area is 127 Å². The van der Waals surface area contributed by atoms with E-state index in [0.29, 0.717) is 6.04 Å². The lowest BCUT2D eigenvalue weighted by atomic mass is 10.0. The zero-order chi connectivity index (χ0) is 14.7. The first-order chi connectivity index (χ1) is 10.3. The second-order valence-electron chi connectivity index (χ2n) is 5.70. The zero-order valence-electron chi connectivity index (χ0n) is 12.8. The fraction of sp³-hybridized carbons (Fsp3) is 0.389. The van der Waals surface area contributed by atoms with E-state index in [1.165, 1.54) is 22.4 Å². The summed E-state index contributed by atoms with van der Waals surface area (Å²) in [6, 6.07) is 11.5. The van der Waals surface area contributed by atoms with Crippen molar-refractivity contribution in [2.75, 3.05) is 18.0 Å². The molecule has 3 rings (SSSR count). The number of fused-ring (bicyclic) bond motifs is 1. The number of benzene rings is 1. The van der Waals surface area contributed by atoms with Gasteiger partial charge in [-0.15, -0.1) is 0 Å². The summed E-state index contributed by atoms with van der Waals surface area (Å²) >= 11 is 0. The van der Waals surface area contributed by atoms with Crippen LogP contribution in [0.2, 0.25) is 0 Å². The zero-order valence-corrected chi connectivity index (χ0v) is 12.8. The normalized spacial score (nSPS) is 15.0. The van der Waals surface area contributed by atoms with Crippen molar-refractivity contribution >= 4 is 5.69 Å². The molecule has 0 bridgehead atoms. The van der Waals surface area contributed by atoms with Crippen LogP contribution >= 0.6 is 0 Å². The Kier molecular flexibility index (Phi) is 4.20. The van der Waals surface area contributed by atoms with Gasteiger partial charge >= 0.3 is 0 Å². The van der Waals surface area contributed by atoms with Gasteiger partial charge in [-0.3, -0.25) is 4.98 Å². The SMILES string of the molecule is CCNC(C)c1ccc2c(c1)CCN2Cc1cccnc1. The Bertz CT molecular complexity index is 595. The molecule has 110 valence electrons. The second kappa shape index (κ2) is 6.27. The molecule has 3 nitrogen and oxygen atoms in total. The summed E-state index contributed by atoms with van der Waals surface area (Å²) in [6.45, 7) is 7.44. The van der Waals surface area contributed by atoms with Crippen LogP contribution in [0.15, 0.2) is 42.7 Å². The molecular weight excluding hydrogens is 258 g/mol. The molecule has 0 radical (unpaired) electrons. The summed E-state index contributed by atoms with van der Waals surface area (Å²) < 4.78 is 0. The van der Waals surface area contributed by atoms with Gasteiger partial charge in [0.15, 0.2) is 0 Å². The van der Waals surface area contributed by atoms with Crippen LogP contribution < -0.4 is 10.2 Å². The fourth-order valence-corrected chi connectivity index (χ4v) is 3.06. The van der Waals surface area contributed by atoms with Crippen molar-refractivity contribution in [1.82, 2.24) is 10.3 Å². The maximum absolute atomic E-state index is 4.21. The van der Waals surface area contributed by atoms with Crippen molar-refractivity contribution in [2.24, 2.45) is 0 Å². The van der Waals surface area contributed by atoms with E-state index in [1.54, 1.807) is 0 Å². The van der Waals surface area contributed by atoms with E-state index >= 15 is 0 Å². The molecular formula is C18H23N3. The lowest BCUT2D eigenvalue weighted by molar-refractivity contribution is 0.598. The number of pyridine rings is 1. The summed E-state index contributed by atoms with van der Waals surface area (Å²) in [5.41, 5.74) is 5.52. The molecule has 0 fully saturated rings. The van der Waals surface area contributed by atoms with Crippen LogP contribution in [-0.2, 0) is 13.0 Å². The van der Waals surface area contributed by atoms with E-state index in [4.69, 9.17) is 0 Å². The van der Waals surface area contributed by atoms with E-state index in [2.05, 4.69) is 53.3 Å². The Hall–Kier alpha value is -1.87. The van der Waals surface area contributed by atoms with Crippen molar-refractivity contribution in [3.63, 3.8) is 0 Å². The van der Waals surface area contributed by atoms with Crippen LogP contribution in [0.5, 0.6) is 0 Å². The molecule has 3 heteroatoms. The first-order valence-electron chi connectivity index (χ1n) is 7.78. The minimum absolute atomic E-state index is 0.424. The Morgan fingerprint density at radius 2 is 2.24 bits per heavy atom. The fourth-order valence-electron chi connectivity index (χ4n) is 3.06. The van der Waals surface area contributed by atoms with Crippen molar-refractivity contribution in [3.05, 3.63) is 59.4 Å². The van der Waals surface area contributed by atoms with E-state index in [1.807, 2.05) is 18.5 Å². The van der Waals surface area contributed by atoms with Crippen LogP contribution in [0.3, 0.4) is 0 Å². The summed E-state index contributed by atoms with van der Waals surface area (Å²) in [6.07, 6.45) is 4.93. The number of rotatable bonds is 5. The highest BCUT2D eigenvalue weighted by molar-refractivity contribution is 5.59. The van der Waals surface area contributed by atoms with Crippen LogP contribution in [0, 0.1) is 0 Å². The molecule has 0 saturated carbocycles. The lowest BCUT2D eigenvalue weighted by Crippen LogP contribution is -2.20. The maximum Gasteiger partial charge on any atom is 0.0444 e. The Morgan fingerprint density at radius 1 is 1.33 bits per heavy atom. The highest BCUT2D eigenvalue weighted by atomic mass is 15.1. The third-order valence-corrected chi connectivity index (χ3v) is 4.20. The number of nitrogens with one attached hydrogen (secondary N) is 1. The monoisotopic (exact) mass is 281 g/mol. The van der Waals surface area contributed by atoms with Crippen molar-refractivity contribution in [2.45, 2.75) is 32.9 Å². The number of aromatic nitrogens is 1. The molecule has 1 aliphatic rings. The maximum atomic E-state index is 4.21. The molecule has 0 amide bonds. The van der Waals surface area contributed by atoms with E-state index in [-0.39, 0.29) is 0 Å². The number of hydrogen-bond donors (Lipinski definition) is 1. The number of nitrogens with zero attached hydrogens (tertiary/aromatic N) is 2. The van der Waals surface area contributed by atoms with Gasteiger partial charge in [0.1, 0.15) is 0 Å². The van der Waals surface area contributed by atoms with E-state index in [9.17, 15) is 0 Å². The van der Waals surface area contributed by atoms with Gasteiger partial charge in [0.25, 0.3) is 0 Å². The van der Waals surface area contributed by atoms with Gasteiger partial charge in [-0.1, -0.05) is 25.1 Å². The van der Waals surface area contributed by atoms with Gasteiger partial charge in [0.2, 0.25) is 0 Å². The molecule has 0 saturated heterocycles. The third-order valence-electron chi connectivity index (χ3n) is 4.20. The summed E-state index contributed by atoms with van der Waals surface area (Å²) in [4.78, 5) is 6.66. The van der Waals surface area contributed by atoms with Gasteiger partial charge in [0.05, 0.1) is 0 Å². The largest absolute Gasteiger partial charge is 0.367 e. The molecule has 0 spiro atoms. The number of hydrogen-bond acceptors (Lipinski definition) is 3. The lowest BCUT2D eigenvalue weighted by Gasteiger charge is -2.20. The van der Waals surface area contributed by atoms with Gasteiger partial charge in [-0.2, -0.15) is 0 Å². The molecule has 0 aliphatic carbocycles. The predicted octanol–water partition coefficient (Wildman–Crippen LogP) is 3.31. The average molecular weight is 281 g/mol. The summed E-state index contributed by atoms with van der Waals surface area (Å²) in [7, 11) is 0.